The zero-order valence-electron chi connectivity index (χ0n) is 16.4. The molecule has 3 rings (SSSR count). The van der Waals surface area contributed by atoms with Crippen molar-refractivity contribution in [2.24, 2.45) is 0 Å². The number of carbonyl (C=O) groups is 1. The SMILES string of the molecule is CNC(=O)CN(CCc1cccc(OCc2cccc(Cl)c2)c1)Cc1ccco1. The number of rotatable bonds is 10. The van der Waals surface area contributed by atoms with E-state index in [1.54, 1.807) is 13.3 Å². The van der Waals surface area contributed by atoms with Crippen LogP contribution in [-0.2, 0) is 24.4 Å². The summed E-state index contributed by atoms with van der Waals surface area (Å²) in [6.45, 7) is 2.10. The van der Waals surface area contributed by atoms with E-state index >= 15 is 0 Å². The molecule has 6 heteroatoms. The highest BCUT2D eigenvalue weighted by molar-refractivity contribution is 6.30. The van der Waals surface area contributed by atoms with Crippen LogP contribution >= 0.6 is 11.6 Å². The van der Waals surface area contributed by atoms with Gasteiger partial charge in [-0.2, -0.15) is 0 Å². The minimum Gasteiger partial charge on any atom is -0.489 e. The molecular weight excluding hydrogens is 388 g/mol. The summed E-state index contributed by atoms with van der Waals surface area (Å²) >= 11 is 6.02. The minimum atomic E-state index is -0.0184. The summed E-state index contributed by atoms with van der Waals surface area (Å²) in [4.78, 5) is 13.9. The van der Waals surface area contributed by atoms with Gasteiger partial charge in [0.25, 0.3) is 0 Å². The molecule has 1 aromatic heterocycles. The van der Waals surface area contributed by atoms with Crippen LogP contribution in [0.4, 0.5) is 0 Å². The Hall–Kier alpha value is -2.76. The molecule has 0 aliphatic heterocycles. The van der Waals surface area contributed by atoms with Gasteiger partial charge in [0.05, 0.1) is 19.4 Å². The van der Waals surface area contributed by atoms with Gasteiger partial charge in [0.1, 0.15) is 18.1 Å². The van der Waals surface area contributed by atoms with Crippen LogP contribution in [0.15, 0.2) is 71.3 Å². The van der Waals surface area contributed by atoms with Crippen molar-refractivity contribution < 1.29 is 13.9 Å². The fraction of sp³-hybridized carbons (Fsp3) is 0.261. The maximum Gasteiger partial charge on any atom is 0.233 e. The Kier molecular flexibility index (Phi) is 7.73. The molecule has 152 valence electrons. The molecule has 0 radical (unpaired) electrons. The molecule has 2 aromatic carbocycles. The van der Waals surface area contributed by atoms with Crippen molar-refractivity contribution in [1.82, 2.24) is 10.2 Å². The lowest BCUT2D eigenvalue weighted by molar-refractivity contribution is -0.121. The van der Waals surface area contributed by atoms with Crippen LogP contribution < -0.4 is 10.1 Å². The summed E-state index contributed by atoms with van der Waals surface area (Å²) in [5, 5.41) is 3.38. The largest absolute Gasteiger partial charge is 0.489 e. The van der Waals surface area contributed by atoms with Gasteiger partial charge in [0.15, 0.2) is 0 Å². The Morgan fingerprint density at radius 2 is 1.93 bits per heavy atom. The lowest BCUT2D eigenvalue weighted by Crippen LogP contribution is -2.36. The van der Waals surface area contributed by atoms with Crippen molar-refractivity contribution in [1.29, 1.82) is 0 Å². The predicted molar refractivity (Wildman–Crippen MR) is 114 cm³/mol. The number of carbonyl (C=O) groups excluding carboxylic acids is 1. The zero-order chi connectivity index (χ0) is 20.5. The van der Waals surface area contributed by atoms with E-state index in [4.69, 9.17) is 20.8 Å². The number of furan rings is 1. The molecule has 5 nitrogen and oxygen atoms in total. The maximum absolute atomic E-state index is 11.8. The van der Waals surface area contributed by atoms with Crippen LogP contribution in [0.2, 0.25) is 5.02 Å². The van der Waals surface area contributed by atoms with E-state index in [1.807, 2.05) is 54.6 Å². The average Bonchev–Trinajstić information content (AvgIpc) is 3.24. The van der Waals surface area contributed by atoms with Crippen molar-refractivity contribution in [3.63, 3.8) is 0 Å². The number of amides is 1. The molecule has 0 saturated heterocycles. The highest BCUT2D eigenvalue weighted by Crippen LogP contribution is 2.18. The predicted octanol–water partition coefficient (Wildman–Crippen LogP) is 4.30. The summed E-state index contributed by atoms with van der Waals surface area (Å²) in [6.07, 6.45) is 2.44. The minimum absolute atomic E-state index is 0.0184. The number of halogens is 1. The highest BCUT2D eigenvalue weighted by atomic mass is 35.5. The number of nitrogens with zero attached hydrogens (tertiary/aromatic N) is 1. The van der Waals surface area contributed by atoms with Crippen LogP contribution in [0.5, 0.6) is 5.75 Å². The van der Waals surface area contributed by atoms with Crippen molar-refractivity contribution in [2.45, 2.75) is 19.6 Å². The second kappa shape index (κ2) is 10.7. The number of likely N-dealkylation sites (N-methyl/N-ethyl adjacent to an activating group) is 1. The third-order valence-electron chi connectivity index (χ3n) is 4.52. The first kappa shape index (κ1) is 21.0. The molecule has 0 unspecified atom stereocenters. The van der Waals surface area contributed by atoms with E-state index in [9.17, 15) is 4.79 Å². The molecule has 3 aromatic rings. The molecule has 0 aliphatic rings. The summed E-state index contributed by atoms with van der Waals surface area (Å²) in [5.41, 5.74) is 2.17. The molecule has 0 aliphatic carbocycles. The Morgan fingerprint density at radius 1 is 1.10 bits per heavy atom. The van der Waals surface area contributed by atoms with E-state index in [1.165, 1.54) is 0 Å². The van der Waals surface area contributed by atoms with Gasteiger partial charge < -0.3 is 14.5 Å². The van der Waals surface area contributed by atoms with Gasteiger partial charge in [-0.3, -0.25) is 9.69 Å². The number of nitrogens with one attached hydrogen (secondary N) is 1. The van der Waals surface area contributed by atoms with E-state index in [-0.39, 0.29) is 5.91 Å². The monoisotopic (exact) mass is 412 g/mol. The van der Waals surface area contributed by atoms with Gasteiger partial charge in [0.2, 0.25) is 5.91 Å². The Morgan fingerprint density at radius 3 is 2.69 bits per heavy atom. The van der Waals surface area contributed by atoms with Crippen LogP contribution in [0, 0.1) is 0 Å². The quantitative estimate of drug-likeness (QED) is 0.539. The van der Waals surface area contributed by atoms with Crippen LogP contribution in [0.3, 0.4) is 0 Å². The topological polar surface area (TPSA) is 54.7 Å². The van der Waals surface area contributed by atoms with Gasteiger partial charge >= 0.3 is 0 Å². The van der Waals surface area contributed by atoms with Gasteiger partial charge in [-0.05, 0) is 53.9 Å². The molecule has 1 amide bonds. The van der Waals surface area contributed by atoms with E-state index in [0.717, 1.165) is 35.6 Å². The van der Waals surface area contributed by atoms with Gasteiger partial charge in [0, 0.05) is 18.6 Å². The van der Waals surface area contributed by atoms with Crippen LogP contribution in [-0.4, -0.2) is 30.9 Å². The van der Waals surface area contributed by atoms with Gasteiger partial charge in [-0.1, -0.05) is 35.9 Å². The first-order chi connectivity index (χ1) is 14.1. The van der Waals surface area contributed by atoms with Crippen LogP contribution in [0.25, 0.3) is 0 Å². The van der Waals surface area contributed by atoms with E-state index < -0.39 is 0 Å². The zero-order valence-corrected chi connectivity index (χ0v) is 17.2. The van der Waals surface area contributed by atoms with Gasteiger partial charge in [-0.15, -0.1) is 0 Å². The molecule has 0 fully saturated rings. The number of hydrogen-bond acceptors (Lipinski definition) is 4. The molecular formula is C23H25ClN2O3. The number of hydrogen-bond donors (Lipinski definition) is 1. The lowest BCUT2D eigenvalue weighted by Gasteiger charge is -2.20. The Bertz CT molecular complexity index is 912. The molecule has 0 bridgehead atoms. The molecule has 0 spiro atoms. The van der Waals surface area contributed by atoms with Crippen molar-refractivity contribution in [3.8, 4) is 5.75 Å². The maximum atomic E-state index is 11.8. The third-order valence-corrected chi connectivity index (χ3v) is 4.75. The summed E-state index contributed by atoms with van der Waals surface area (Å²) in [7, 11) is 1.65. The first-order valence-corrected chi connectivity index (χ1v) is 9.91. The van der Waals surface area contributed by atoms with Crippen molar-refractivity contribution in [3.05, 3.63) is 88.8 Å². The fourth-order valence-corrected chi connectivity index (χ4v) is 3.20. The van der Waals surface area contributed by atoms with Crippen molar-refractivity contribution in [2.75, 3.05) is 20.1 Å². The Balaban J connectivity index is 1.57. The molecule has 29 heavy (non-hydrogen) atoms. The standard InChI is InChI=1S/C23H25ClN2O3/c1-25-23(27)16-26(15-22-9-4-12-28-22)11-10-18-5-3-8-21(14-18)29-17-19-6-2-7-20(24)13-19/h2-9,12-14H,10-11,15-17H2,1H3,(H,25,27). The number of benzene rings is 2. The Labute approximate surface area is 176 Å². The fourth-order valence-electron chi connectivity index (χ4n) is 2.99. The average molecular weight is 413 g/mol. The van der Waals surface area contributed by atoms with Crippen molar-refractivity contribution >= 4 is 17.5 Å². The van der Waals surface area contributed by atoms with Crippen LogP contribution in [0.1, 0.15) is 16.9 Å². The molecule has 1 N–H and O–H groups in total. The third kappa shape index (κ3) is 6.97. The smallest absolute Gasteiger partial charge is 0.233 e. The lowest BCUT2D eigenvalue weighted by atomic mass is 10.1. The second-order valence-corrected chi connectivity index (χ2v) is 7.22. The second-order valence-electron chi connectivity index (χ2n) is 6.78. The van der Waals surface area contributed by atoms with E-state index in [2.05, 4.69) is 16.3 Å². The van der Waals surface area contributed by atoms with E-state index in [0.29, 0.717) is 24.7 Å². The normalized spacial score (nSPS) is 10.9. The molecule has 1 heterocycles. The summed E-state index contributed by atoms with van der Waals surface area (Å²) in [6, 6.07) is 19.5. The summed E-state index contributed by atoms with van der Waals surface area (Å²) in [5.74, 6) is 1.63. The molecule has 0 atom stereocenters. The van der Waals surface area contributed by atoms with Gasteiger partial charge in [-0.25, -0.2) is 0 Å². The number of ether oxygens (including phenoxy) is 1. The first-order valence-electron chi connectivity index (χ1n) is 9.54. The summed E-state index contributed by atoms with van der Waals surface area (Å²) < 4.78 is 11.3. The molecule has 0 saturated carbocycles. The highest BCUT2D eigenvalue weighted by Gasteiger charge is 2.12.